The second-order valence-electron chi connectivity index (χ2n) is 4.79. The highest BCUT2D eigenvalue weighted by molar-refractivity contribution is 7.92. The summed E-state index contributed by atoms with van der Waals surface area (Å²) in [5.74, 6) is 1.26. The highest BCUT2D eigenvalue weighted by atomic mass is 32.2. The number of methoxy groups -OCH3 is 2. The van der Waals surface area contributed by atoms with Gasteiger partial charge in [0.2, 0.25) is 5.95 Å². The smallest absolute Gasteiger partial charge is 0.262 e. The molecule has 1 aromatic heterocycles. The highest BCUT2D eigenvalue weighted by Crippen LogP contribution is 2.30. The first-order valence-electron chi connectivity index (χ1n) is 6.61. The molecule has 23 heavy (non-hydrogen) atoms. The molecule has 0 saturated carbocycles. The van der Waals surface area contributed by atoms with E-state index >= 15 is 0 Å². The van der Waals surface area contributed by atoms with Gasteiger partial charge in [0.1, 0.15) is 0 Å². The van der Waals surface area contributed by atoms with Crippen molar-refractivity contribution in [1.82, 2.24) is 9.97 Å². The van der Waals surface area contributed by atoms with E-state index in [1.807, 2.05) is 0 Å². The number of nitrogens with zero attached hydrogens (tertiary/aromatic N) is 3. The van der Waals surface area contributed by atoms with E-state index < -0.39 is 10.0 Å². The van der Waals surface area contributed by atoms with Gasteiger partial charge in [0.15, 0.2) is 11.5 Å². The quantitative estimate of drug-likeness (QED) is 0.850. The number of hydrogen-bond donors (Lipinski definition) is 1. The molecule has 8 nitrogen and oxygen atoms in total. The van der Waals surface area contributed by atoms with Crippen molar-refractivity contribution < 1.29 is 17.9 Å². The fourth-order valence-corrected chi connectivity index (χ4v) is 2.85. The number of sulfonamides is 1. The Balaban J connectivity index is 2.28. The van der Waals surface area contributed by atoms with E-state index in [0.717, 1.165) is 0 Å². The van der Waals surface area contributed by atoms with E-state index in [-0.39, 0.29) is 10.6 Å². The van der Waals surface area contributed by atoms with E-state index in [1.54, 1.807) is 19.0 Å². The summed E-state index contributed by atoms with van der Waals surface area (Å²) in [5, 5.41) is 0. The summed E-state index contributed by atoms with van der Waals surface area (Å²) in [4.78, 5) is 9.88. The summed E-state index contributed by atoms with van der Waals surface area (Å²) >= 11 is 0. The Morgan fingerprint density at radius 3 is 2.17 bits per heavy atom. The van der Waals surface area contributed by atoms with Crippen LogP contribution in [0.4, 0.5) is 11.6 Å². The van der Waals surface area contributed by atoms with Gasteiger partial charge in [-0.3, -0.25) is 4.72 Å². The number of benzene rings is 1. The van der Waals surface area contributed by atoms with Gasteiger partial charge in [-0.15, -0.1) is 0 Å². The Kier molecular flexibility index (Phi) is 4.89. The minimum atomic E-state index is -3.78. The molecule has 0 bridgehead atoms. The van der Waals surface area contributed by atoms with Crippen LogP contribution in [-0.4, -0.2) is 46.7 Å². The molecule has 0 atom stereocenters. The van der Waals surface area contributed by atoms with E-state index in [2.05, 4.69) is 14.7 Å². The lowest BCUT2D eigenvalue weighted by Gasteiger charge is -2.12. The number of aromatic nitrogens is 2. The lowest BCUT2D eigenvalue weighted by Crippen LogP contribution is -2.15. The van der Waals surface area contributed by atoms with E-state index in [0.29, 0.717) is 17.4 Å². The molecule has 1 aromatic carbocycles. The fraction of sp³-hybridized carbons (Fsp3) is 0.286. The van der Waals surface area contributed by atoms with Crippen LogP contribution in [0.25, 0.3) is 0 Å². The summed E-state index contributed by atoms with van der Waals surface area (Å²) < 4.78 is 37.5. The van der Waals surface area contributed by atoms with E-state index in [9.17, 15) is 8.42 Å². The summed E-state index contributed by atoms with van der Waals surface area (Å²) in [6, 6.07) is 4.34. The maximum Gasteiger partial charge on any atom is 0.262 e. The fourth-order valence-electron chi connectivity index (χ4n) is 1.80. The third kappa shape index (κ3) is 3.81. The lowest BCUT2D eigenvalue weighted by atomic mass is 10.3. The molecule has 0 radical (unpaired) electrons. The molecule has 1 heterocycles. The minimum Gasteiger partial charge on any atom is -0.493 e. The monoisotopic (exact) mass is 338 g/mol. The molecule has 0 aliphatic carbocycles. The van der Waals surface area contributed by atoms with Crippen LogP contribution in [0.3, 0.4) is 0 Å². The molecule has 0 aliphatic rings. The van der Waals surface area contributed by atoms with Gasteiger partial charge in [-0.25, -0.2) is 18.4 Å². The Labute approximate surface area is 135 Å². The molecule has 2 aromatic rings. The Bertz CT molecular complexity index is 776. The molecule has 0 unspecified atom stereocenters. The summed E-state index contributed by atoms with van der Waals surface area (Å²) in [6.45, 7) is 0. The van der Waals surface area contributed by atoms with Gasteiger partial charge in [-0.05, 0) is 12.1 Å². The molecular weight excluding hydrogens is 320 g/mol. The van der Waals surface area contributed by atoms with Crippen LogP contribution in [0.2, 0.25) is 0 Å². The molecule has 1 N–H and O–H groups in total. The Morgan fingerprint density at radius 1 is 1.04 bits per heavy atom. The van der Waals surface area contributed by atoms with Crippen LogP contribution in [0.1, 0.15) is 0 Å². The predicted octanol–water partition coefficient (Wildman–Crippen LogP) is 1.36. The zero-order valence-corrected chi connectivity index (χ0v) is 14.1. The summed E-state index contributed by atoms with van der Waals surface area (Å²) in [7, 11) is 2.73. The first-order chi connectivity index (χ1) is 10.9. The average Bonchev–Trinajstić information content (AvgIpc) is 2.54. The van der Waals surface area contributed by atoms with Crippen LogP contribution in [0.5, 0.6) is 11.5 Å². The van der Waals surface area contributed by atoms with Crippen LogP contribution >= 0.6 is 0 Å². The Hall–Kier alpha value is -2.55. The topological polar surface area (TPSA) is 93.7 Å². The predicted molar refractivity (Wildman–Crippen MR) is 86.7 cm³/mol. The number of anilines is 2. The SMILES string of the molecule is COc1ccc(S(=O)(=O)Nc2cnc(N(C)C)nc2)cc1OC. The largest absolute Gasteiger partial charge is 0.493 e. The number of ether oxygens (including phenoxy) is 2. The third-order valence-electron chi connectivity index (χ3n) is 2.96. The molecule has 9 heteroatoms. The molecule has 124 valence electrons. The maximum atomic E-state index is 12.4. The lowest BCUT2D eigenvalue weighted by molar-refractivity contribution is 0.354. The van der Waals surface area contributed by atoms with Gasteiger partial charge in [-0.1, -0.05) is 0 Å². The van der Waals surface area contributed by atoms with Gasteiger partial charge < -0.3 is 14.4 Å². The van der Waals surface area contributed by atoms with Gasteiger partial charge in [0.05, 0.1) is 37.2 Å². The summed E-state index contributed by atoms with van der Waals surface area (Å²) in [6.07, 6.45) is 2.81. The molecule has 0 aliphatic heterocycles. The average molecular weight is 338 g/mol. The van der Waals surface area contributed by atoms with Crippen molar-refractivity contribution >= 4 is 21.7 Å². The first kappa shape index (κ1) is 16.8. The second-order valence-corrected chi connectivity index (χ2v) is 6.47. The van der Waals surface area contributed by atoms with Gasteiger partial charge in [-0.2, -0.15) is 0 Å². The van der Waals surface area contributed by atoms with Crippen LogP contribution in [-0.2, 0) is 10.0 Å². The summed E-state index contributed by atoms with van der Waals surface area (Å²) in [5.41, 5.74) is 0.269. The van der Waals surface area contributed by atoms with Gasteiger partial charge in [0, 0.05) is 20.2 Å². The maximum absolute atomic E-state index is 12.4. The zero-order chi connectivity index (χ0) is 17.0. The van der Waals surface area contributed by atoms with Crippen molar-refractivity contribution in [3.63, 3.8) is 0 Å². The van der Waals surface area contributed by atoms with Crippen molar-refractivity contribution in [3.8, 4) is 11.5 Å². The zero-order valence-electron chi connectivity index (χ0n) is 13.3. The van der Waals surface area contributed by atoms with Crippen molar-refractivity contribution in [2.75, 3.05) is 37.9 Å². The Morgan fingerprint density at radius 2 is 1.65 bits per heavy atom. The number of rotatable bonds is 6. The number of hydrogen-bond acceptors (Lipinski definition) is 7. The molecule has 2 rings (SSSR count). The first-order valence-corrected chi connectivity index (χ1v) is 8.10. The van der Waals surface area contributed by atoms with Crippen molar-refractivity contribution in [1.29, 1.82) is 0 Å². The van der Waals surface area contributed by atoms with Crippen LogP contribution in [0.15, 0.2) is 35.5 Å². The highest BCUT2D eigenvalue weighted by Gasteiger charge is 2.17. The van der Waals surface area contributed by atoms with Crippen LogP contribution < -0.4 is 19.1 Å². The minimum absolute atomic E-state index is 0.0480. The van der Waals surface area contributed by atoms with Gasteiger partial charge >= 0.3 is 0 Å². The standard InChI is InChI=1S/C14H18N4O4S/c1-18(2)14-15-8-10(9-16-14)17-23(19,20)11-5-6-12(21-3)13(7-11)22-4/h5-9,17H,1-4H3. The van der Waals surface area contributed by atoms with E-state index in [4.69, 9.17) is 9.47 Å². The molecule has 0 amide bonds. The normalized spacial score (nSPS) is 11.0. The van der Waals surface area contributed by atoms with Crippen molar-refractivity contribution in [2.45, 2.75) is 4.90 Å². The third-order valence-corrected chi connectivity index (χ3v) is 4.33. The van der Waals surface area contributed by atoms with E-state index in [1.165, 1.54) is 44.8 Å². The number of nitrogens with one attached hydrogen (secondary N) is 1. The molecule has 0 saturated heterocycles. The molecule has 0 spiro atoms. The van der Waals surface area contributed by atoms with Crippen LogP contribution in [0, 0.1) is 0 Å². The molecule has 0 fully saturated rings. The van der Waals surface area contributed by atoms with Crippen molar-refractivity contribution in [2.24, 2.45) is 0 Å². The van der Waals surface area contributed by atoms with Crippen molar-refractivity contribution in [3.05, 3.63) is 30.6 Å². The second kappa shape index (κ2) is 6.69. The molecular formula is C14H18N4O4S. The van der Waals surface area contributed by atoms with Gasteiger partial charge in [0.25, 0.3) is 10.0 Å².